The molecule has 2 fully saturated rings. The van der Waals surface area contributed by atoms with Gasteiger partial charge in [0.15, 0.2) is 5.65 Å². The fourth-order valence-corrected chi connectivity index (χ4v) is 3.10. The highest BCUT2D eigenvalue weighted by Gasteiger charge is 2.37. The molecule has 4 N–H and O–H groups in total. The Hall–Kier alpha value is -1.97. The zero-order chi connectivity index (χ0) is 16.1. The number of anilines is 1. The lowest BCUT2D eigenvalue weighted by atomic mass is 10.2. The van der Waals surface area contributed by atoms with Gasteiger partial charge in [0, 0.05) is 13.0 Å². The summed E-state index contributed by atoms with van der Waals surface area (Å²) in [6, 6.07) is 0. The van der Waals surface area contributed by atoms with Gasteiger partial charge in [0.1, 0.15) is 17.8 Å². The molecule has 9 nitrogen and oxygen atoms in total. The van der Waals surface area contributed by atoms with Crippen molar-refractivity contribution in [1.29, 1.82) is 0 Å². The maximum Gasteiger partial charge on any atom is 0.332 e. The second-order valence-corrected chi connectivity index (χ2v) is 6.26. The van der Waals surface area contributed by atoms with Crippen molar-refractivity contribution in [3.63, 3.8) is 0 Å². The number of nitrogen functional groups attached to an aromatic ring is 1. The Morgan fingerprint density at radius 2 is 2.22 bits per heavy atom. The van der Waals surface area contributed by atoms with Gasteiger partial charge in [-0.25, -0.2) is 14.3 Å². The van der Waals surface area contributed by atoms with Crippen molar-refractivity contribution >= 4 is 17.1 Å². The highest BCUT2D eigenvalue weighted by Crippen LogP contribution is 2.33. The number of aliphatic hydroxyl groups is 2. The molecule has 2 aliphatic rings. The van der Waals surface area contributed by atoms with Crippen LogP contribution < -0.4 is 11.4 Å². The van der Waals surface area contributed by atoms with Gasteiger partial charge in [-0.3, -0.25) is 4.57 Å². The summed E-state index contributed by atoms with van der Waals surface area (Å²) in [6.07, 6.45) is 1.79. The van der Waals surface area contributed by atoms with E-state index in [9.17, 15) is 15.0 Å². The molecule has 0 bridgehead atoms. The molecule has 1 saturated carbocycles. The summed E-state index contributed by atoms with van der Waals surface area (Å²) in [5.74, 6) is 0.580. The number of aliphatic hydroxyl groups excluding tert-OH is 2. The topological polar surface area (TPSA) is 128 Å². The number of ether oxygens (including phenoxy) is 1. The third-order valence-corrected chi connectivity index (χ3v) is 4.53. The minimum atomic E-state index is -0.821. The smallest absolute Gasteiger partial charge is 0.332 e. The molecule has 9 heteroatoms. The Morgan fingerprint density at radius 1 is 1.43 bits per heavy atom. The minimum absolute atomic E-state index is 0.0760. The van der Waals surface area contributed by atoms with Gasteiger partial charge in [-0.2, -0.15) is 4.98 Å². The van der Waals surface area contributed by atoms with E-state index in [2.05, 4.69) is 9.97 Å². The molecule has 0 radical (unpaired) electrons. The molecule has 0 spiro atoms. The average Bonchev–Trinajstić information content (AvgIpc) is 3.21. The normalized spacial score (nSPS) is 27.8. The molecule has 1 aliphatic carbocycles. The summed E-state index contributed by atoms with van der Waals surface area (Å²) in [5.41, 5.74) is 6.43. The third-order valence-electron chi connectivity index (χ3n) is 4.53. The first-order valence-electron chi connectivity index (χ1n) is 7.76. The molecule has 2 aromatic rings. The van der Waals surface area contributed by atoms with Crippen LogP contribution in [0.25, 0.3) is 11.2 Å². The number of nitrogens with two attached hydrogens (primary N) is 1. The predicted octanol–water partition coefficient (Wildman–Crippen LogP) is -0.774. The Balaban J connectivity index is 1.83. The Labute approximate surface area is 131 Å². The van der Waals surface area contributed by atoms with Gasteiger partial charge < -0.3 is 20.7 Å². The third kappa shape index (κ3) is 2.41. The number of hydrogen-bond acceptors (Lipinski definition) is 7. The number of fused-ring (bicyclic) bond motifs is 1. The van der Waals surface area contributed by atoms with Crippen molar-refractivity contribution < 1.29 is 14.9 Å². The highest BCUT2D eigenvalue weighted by atomic mass is 16.5. The number of rotatable bonds is 4. The Kier molecular flexibility index (Phi) is 3.36. The second kappa shape index (κ2) is 5.29. The fourth-order valence-electron chi connectivity index (χ4n) is 3.10. The van der Waals surface area contributed by atoms with Gasteiger partial charge >= 0.3 is 5.69 Å². The largest absolute Gasteiger partial charge is 0.394 e. The first-order chi connectivity index (χ1) is 11.1. The van der Waals surface area contributed by atoms with Gasteiger partial charge in [0.25, 0.3) is 0 Å². The maximum atomic E-state index is 12.8. The molecule has 3 unspecified atom stereocenters. The molecule has 0 amide bonds. The lowest BCUT2D eigenvalue weighted by Crippen LogP contribution is -2.28. The van der Waals surface area contributed by atoms with Gasteiger partial charge in [-0.05, 0) is 18.8 Å². The first-order valence-corrected chi connectivity index (χ1v) is 7.76. The SMILES string of the molecule is Nc1ncc2c(n1)n(C1CC(O)C(CO)O1)c(=O)n2CC1CC1. The first kappa shape index (κ1) is 14.6. The van der Waals surface area contributed by atoms with Crippen LogP contribution >= 0.6 is 0 Å². The van der Waals surface area contributed by atoms with Crippen molar-refractivity contribution in [2.24, 2.45) is 5.92 Å². The molecule has 124 valence electrons. The Morgan fingerprint density at radius 3 is 2.87 bits per heavy atom. The van der Waals surface area contributed by atoms with Crippen LogP contribution in [0.4, 0.5) is 5.95 Å². The molecular weight excluding hydrogens is 302 g/mol. The molecule has 1 aliphatic heterocycles. The van der Waals surface area contributed by atoms with Crippen molar-refractivity contribution in [3.05, 3.63) is 16.7 Å². The summed E-state index contributed by atoms with van der Waals surface area (Å²) >= 11 is 0. The van der Waals surface area contributed by atoms with Crippen LogP contribution in [0.15, 0.2) is 11.0 Å². The van der Waals surface area contributed by atoms with Crippen LogP contribution in [0, 0.1) is 5.92 Å². The lowest BCUT2D eigenvalue weighted by molar-refractivity contribution is -0.0443. The monoisotopic (exact) mass is 321 g/mol. The number of aromatic nitrogens is 4. The lowest BCUT2D eigenvalue weighted by Gasteiger charge is -2.12. The molecule has 1 saturated heterocycles. The van der Waals surface area contributed by atoms with Crippen LogP contribution in [0.5, 0.6) is 0 Å². The van der Waals surface area contributed by atoms with Crippen LogP contribution in [0.3, 0.4) is 0 Å². The van der Waals surface area contributed by atoms with Gasteiger partial charge in [0.2, 0.25) is 5.95 Å². The van der Waals surface area contributed by atoms with Crippen molar-refractivity contribution in [1.82, 2.24) is 19.1 Å². The van der Waals surface area contributed by atoms with E-state index >= 15 is 0 Å². The van der Waals surface area contributed by atoms with Crippen molar-refractivity contribution in [2.75, 3.05) is 12.3 Å². The second-order valence-electron chi connectivity index (χ2n) is 6.26. The van der Waals surface area contributed by atoms with Gasteiger partial charge in [-0.1, -0.05) is 0 Å². The molecular formula is C14H19N5O4. The van der Waals surface area contributed by atoms with Crippen LogP contribution in [-0.2, 0) is 11.3 Å². The van der Waals surface area contributed by atoms with Crippen molar-refractivity contribution in [2.45, 2.75) is 44.2 Å². The summed E-state index contributed by atoms with van der Waals surface area (Å²) < 4.78 is 8.68. The predicted molar refractivity (Wildman–Crippen MR) is 80.5 cm³/mol. The Bertz CT molecular complexity index is 796. The van der Waals surface area contributed by atoms with E-state index in [1.54, 1.807) is 10.8 Å². The summed E-state index contributed by atoms with van der Waals surface area (Å²) in [5, 5.41) is 19.2. The molecule has 2 aromatic heterocycles. The zero-order valence-corrected chi connectivity index (χ0v) is 12.5. The molecule has 23 heavy (non-hydrogen) atoms. The maximum absolute atomic E-state index is 12.8. The number of nitrogens with zero attached hydrogens (tertiary/aromatic N) is 4. The summed E-state index contributed by atoms with van der Waals surface area (Å²) in [7, 11) is 0. The van der Waals surface area contributed by atoms with E-state index in [-0.39, 0.29) is 24.7 Å². The summed E-state index contributed by atoms with van der Waals surface area (Å²) in [4.78, 5) is 21.0. The van der Waals surface area contributed by atoms with E-state index in [0.29, 0.717) is 23.6 Å². The minimum Gasteiger partial charge on any atom is -0.394 e. The molecule has 3 heterocycles. The van der Waals surface area contributed by atoms with E-state index < -0.39 is 18.4 Å². The van der Waals surface area contributed by atoms with E-state index in [4.69, 9.17) is 10.5 Å². The van der Waals surface area contributed by atoms with Crippen LogP contribution in [0.1, 0.15) is 25.5 Å². The number of hydrogen-bond donors (Lipinski definition) is 3. The van der Waals surface area contributed by atoms with E-state index in [1.165, 1.54) is 4.57 Å². The standard InChI is InChI=1S/C14H19N5O4/c15-13-16-4-8-12(17-13)19(11-3-9(21)10(6-20)23-11)14(22)18(8)5-7-1-2-7/h4,7,9-11,20-21H,1-3,5-6H2,(H2,15,16,17). The molecule has 4 rings (SSSR count). The van der Waals surface area contributed by atoms with E-state index in [0.717, 1.165) is 12.8 Å². The molecule has 3 atom stereocenters. The van der Waals surface area contributed by atoms with Crippen LogP contribution in [0.2, 0.25) is 0 Å². The van der Waals surface area contributed by atoms with E-state index in [1.807, 2.05) is 0 Å². The average molecular weight is 321 g/mol. The van der Waals surface area contributed by atoms with Crippen LogP contribution in [-0.4, -0.2) is 48.1 Å². The highest BCUT2D eigenvalue weighted by molar-refractivity contribution is 5.71. The van der Waals surface area contributed by atoms with Crippen molar-refractivity contribution in [3.8, 4) is 0 Å². The number of imidazole rings is 1. The quantitative estimate of drug-likeness (QED) is 0.674. The molecule has 0 aromatic carbocycles. The van der Waals surface area contributed by atoms with Gasteiger partial charge in [-0.15, -0.1) is 0 Å². The fraction of sp³-hybridized carbons (Fsp3) is 0.643. The zero-order valence-electron chi connectivity index (χ0n) is 12.5. The summed E-state index contributed by atoms with van der Waals surface area (Å²) in [6.45, 7) is 0.318. The van der Waals surface area contributed by atoms with Gasteiger partial charge in [0.05, 0.1) is 18.9 Å².